The zero-order valence-electron chi connectivity index (χ0n) is 18.5. The number of ether oxygens (including phenoxy) is 2. The molecule has 1 aromatic heterocycles. The maximum atomic E-state index is 13.4. The average Bonchev–Trinajstić information content (AvgIpc) is 3.27. The number of carbonyl (C=O) groups is 1. The molecule has 0 fully saturated rings. The van der Waals surface area contributed by atoms with Gasteiger partial charge in [0, 0.05) is 30.4 Å². The second-order valence-corrected chi connectivity index (χ2v) is 7.57. The van der Waals surface area contributed by atoms with Gasteiger partial charge in [-0.25, -0.2) is 4.39 Å². The van der Waals surface area contributed by atoms with Crippen LogP contribution in [0.5, 0.6) is 11.5 Å². The van der Waals surface area contributed by atoms with Crippen LogP contribution >= 0.6 is 0 Å². The van der Waals surface area contributed by atoms with Crippen molar-refractivity contribution in [1.82, 2.24) is 15.1 Å². The zero-order valence-corrected chi connectivity index (χ0v) is 18.5. The highest BCUT2D eigenvalue weighted by Crippen LogP contribution is 2.30. The Morgan fingerprint density at radius 3 is 2.64 bits per heavy atom. The van der Waals surface area contributed by atoms with Gasteiger partial charge in [0.2, 0.25) is 0 Å². The molecule has 0 unspecified atom stereocenters. The SMILES string of the molecule is COc1ccc(C(=O)N(C)CCCCCc2cc(-c3cccc(F)c3)n[nH]2)cc1OC(F)F. The van der Waals surface area contributed by atoms with Gasteiger partial charge in [0.25, 0.3) is 5.91 Å². The number of hydrogen-bond donors (Lipinski definition) is 1. The second-order valence-electron chi connectivity index (χ2n) is 7.57. The van der Waals surface area contributed by atoms with Crippen LogP contribution in [0.2, 0.25) is 0 Å². The molecule has 1 amide bonds. The van der Waals surface area contributed by atoms with Crippen LogP contribution in [0, 0.1) is 5.82 Å². The third kappa shape index (κ3) is 6.74. The Morgan fingerprint density at radius 2 is 1.91 bits per heavy atom. The number of aryl methyl sites for hydroxylation is 1. The monoisotopic (exact) mass is 461 g/mol. The van der Waals surface area contributed by atoms with Crippen LogP contribution in [0.1, 0.15) is 35.3 Å². The van der Waals surface area contributed by atoms with E-state index in [1.807, 2.05) is 6.07 Å². The molecular weight excluding hydrogens is 435 g/mol. The molecular formula is C24H26F3N3O3. The van der Waals surface area contributed by atoms with Crippen LogP contribution in [-0.4, -0.2) is 48.3 Å². The molecule has 0 aliphatic rings. The molecule has 0 aliphatic carbocycles. The molecule has 9 heteroatoms. The minimum atomic E-state index is -3.01. The lowest BCUT2D eigenvalue weighted by atomic mass is 10.1. The number of aromatic nitrogens is 2. The van der Waals surface area contributed by atoms with Crippen LogP contribution in [0.15, 0.2) is 48.5 Å². The van der Waals surface area contributed by atoms with Crippen molar-refractivity contribution in [3.8, 4) is 22.8 Å². The third-order valence-corrected chi connectivity index (χ3v) is 5.16. The van der Waals surface area contributed by atoms with Gasteiger partial charge in [-0.1, -0.05) is 18.6 Å². The van der Waals surface area contributed by atoms with Gasteiger partial charge in [-0.05, 0) is 55.7 Å². The standard InChI is InChI=1S/C24H26F3N3O3/c1-30(23(31)17-10-11-21(32-2)22(14-17)33-24(26)27)12-5-3-4-9-19-15-20(29-28-19)16-7-6-8-18(25)13-16/h6-8,10-11,13-15,24H,3-5,9,12H2,1-2H3,(H,28,29). The number of H-pyrrole nitrogens is 1. The topological polar surface area (TPSA) is 67.5 Å². The Kier molecular flexibility index (Phi) is 8.34. The number of aromatic amines is 1. The van der Waals surface area contributed by atoms with Crippen molar-refractivity contribution in [1.29, 1.82) is 0 Å². The van der Waals surface area contributed by atoms with Crippen molar-refractivity contribution in [3.63, 3.8) is 0 Å². The summed E-state index contributed by atoms with van der Waals surface area (Å²) in [7, 11) is 3.01. The van der Waals surface area contributed by atoms with Gasteiger partial charge in [0.1, 0.15) is 5.82 Å². The average molecular weight is 461 g/mol. The molecule has 0 bridgehead atoms. The molecule has 3 aromatic rings. The molecule has 1 N–H and O–H groups in total. The van der Waals surface area contributed by atoms with Crippen molar-refractivity contribution in [2.24, 2.45) is 0 Å². The summed E-state index contributed by atoms with van der Waals surface area (Å²) in [5, 5.41) is 7.22. The maximum Gasteiger partial charge on any atom is 0.387 e. The first-order valence-electron chi connectivity index (χ1n) is 10.6. The fourth-order valence-electron chi connectivity index (χ4n) is 3.45. The van der Waals surface area contributed by atoms with Gasteiger partial charge in [0.05, 0.1) is 12.8 Å². The van der Waals surface area contributed by atoms with E-state index in [0.29, 0.717) is 12.2 Å². The van der Waals surface area contributed by atoms with Crippen LogP contribution in [0.3, 0.4) is 0 Å². The quantitative estimate of drug-likeness (QED) is 0.393. The Bertz CT molecular complexity index is 1070. The number of benzene rings is 2. The summed E-state index contributed by atoms with van der Waals surface area (Å²) in [5.74, 6) is -0.633. The van der Waals surface area contributed by atoms with Crippen molar-refractivity contribution in [3.05, 3.63) is 65.6 Å². The first-order chi connectivity index (χ1) is 15.9. The normalized spacial score (nSPS) is 11.0. The van der Waals surface area contributed by atoms with Crippen molar-refractivity contribution >= 4 is 5.91 Å². The summed E-state index contributed by atoms with van der Waals surface area (Å²) < 4.78 is 48.0. The minimum Gasteiger partial charge on any atom is -0.493 e. The second kappa shape index (κ2) is 11.4. The lowest BCUT2D eigenvalue weighted by Gasteiger charge is -2.18. The molecule has 176 valence electrons. The van der Waals surface area contributed by atoms with Crippen LogP contribution in [0.25, 0.3) is 11.3 Å². The largest absolute Gasteiger partial charge is 0.493 e. The summed E-state index contributed by atoms with van der Waals surface area (Å²) in [5.41, 5.74) is 2.63. The van der Waals surface area contributed by atoms with E-state index in [-0.39, 0.29) is 28.8 Å². The summed E-state index contributed by atoms with van der Waals surface area (Å²) in [4.78, 5) is 14.2. The lowest BCUT2D eigenvalue weighted by molar-refractivity contribution is -0.0512. The van der Waals surface area contributed by atoms with Crippen LogP contribution < -0.4 is 9.47 Å². The van der Waals surface area contributed by atoms with Crippen LogP contribution in [0.4, 0.5) is 13.2 Å². The molecule has 33 heavy (non-hydrogen) atoms. The third-order valence-electron chi connectivity index (χ3n) is 5.16. The van der Waals surface area contributed by atoms with E-state index >= 15 is 0 Å². The molecule has 0 aliphatic heterocycles. The van der Waals surface area contributed by atoms with E-state index in [2.05, 4.69) is 14.9 Å². The van der Waals surface area contributed by atoms with Crippen molar-refractivity contribution < 1.29 is 27.4 Å². The van der Waals surface area contributed by atoms with Crippen molar-refractivity contribution in [2.75, 3.05) is 20.7 Å². The van der Waals surface area contributed by atoms with E-state index in [0.717, 1.165) is 36.9 Å². The molecule has 0 atom stereocenters. The number of methoxy groups -OCH3 is 1. The summed E-state index contributed by atoms with van der Waals surface area (Å²) in [6, 6.07) is 12.4. The van der Waals surface area contributed by atoms with E-state index in [9.17, 15) is 18.0 Å². The molecule has 0 saturated heterocycles. The van der Waals surface area contributed by atoms with Crippen LogP contribution in [-0.2, 0) is 6.42 Å². The highest BCUT2D eigenvalue weighted by Gasteiger charge is 2.17. The number of carbonyl (C=O) groups excluding carboxylic acids is 1. The van der Waals surface area contributed by atoms with Gasteiger partial charge >= 0.3 is 6.61 Å². The van der Waals surface area contributed by atoms with E-state index in [1.165, 1.54) is 37.4 Å². The molecule has 3 rings (SSSR count). The van der Waals surface area contributed by atoms with E-state index < -0.39 is 6.61 Å². The Morgan fingerprint density at radius 1 is 1.09 bits per heavy atom. The first kappa shape index (κ1) is 24.2. The van der Waals surface area contributed by atoms with E-state index in [1.54, 1.807) is 24.1 Å². The number of alkyl halides is 2. The Labute approximate surface area is 190 Å². The molecule has 0 radical (unpaired) electrons. The van der Waals surface area contributed by atoms with Gasteiger partial charge < -0.3 is 14.4 Å². The highest BCUT2D eigenvalue weighted by atomic mass is 19.3. The molecule has 1 heterocycles. The zero-order chi connectivity index (χ0) is 23.8. The van der Waals surface area contributed by atoms with Gasteiger partial charge in [0.15, 0.2) is 11.5 Å². The summed E-state index contributed by atoms with van der Waals surface area (Å²) in [6.07, 6.45) is 3.34. The molecule has 0 saturated carbocycles. The number of amides is 1. The first-order valence-corrected chi connectivity index (χ1v) is 10.6. The van der Waals surface area contributed by atoms with Gasteiger partial charge in [-0.2, -0.15) is 13.9 Å². The van der Waals surface area contributed by atoms with Crippen molar-refractivity contribution in [2.45, 2.75) is 32.3 Å². The predicted octanol–water partition coefficient (Wildman–Crippen LogP) is 5.31. The predicted molar refractivity (Wildman–Crippen MR) is 118 cm³/mol. The number of nitrogens with one attached hydrogen (secondary N) is 1. The lowest BCUT2D eigenvalue weighted by Crippen LogP contribution is -2.27. The van der Waals surface area contributed by atoms with E-state index in [4.69, 9.17) is 4.74 Å². The van der Waals surface area contributed by atoms with Gasteiger partial charge in [-0.15, -0.1) is 0 Å². The maximum absolute atomic E-state index is 13.4. The number of halogens is 3. The number of unbranched alkanes of at least 4 members (excludes halogenated alkanes) is 2. The molecule has 2 aromatic carbocycles. The number of rotatable bonds is 11. The Balaban J connectivity index is 1.45. The summed E-state index contributed by atoms with van der Waals surface area (Å²) in [6.45, 7) is -2.49. The molecule has 0 spiro atoms. The fourth-order valence-corrected chi connectivity index (χ4v) is 3.45. The highest BCUT2D eigenvalue weighted by molar-refractivity contribution is 5.94. The minimum absolute atomic E-state index is 0.133. The smallest absolute Gasteiger partial charge is 0.387 e. The number of nitrogens with zero attached hydrogens (tertiary/aromatic N) is 2. The fraction of sp³-hybridized carbons (Fsp3) is 0.333. The Hall–Kier alpha value is -3.49. The number of hydrogen-bond acceptors (Lipinski definition) is 4. The summed E-state index contributed by atoms with van der Waals surface area (Å²) >= 11 is 0. The van der Waals surface area contributed by atoms with Gasteiger partial charge in [-0.3, -0.25) is 9.89 Å². The molecule has 6 nitrogen and oxygen atoms in total.